The highest BCUT2D eigenvalue weighted by Crippen LogP contribution is 2.60. The lowest BCUT2D eigenvalue weighted by Gasteiger charge is -2.58. The minimum absolute atomic E-state index is 0.381. The predicted octanol–water partition coefficient (Wildman–Crippen LogP) is 3.44. The molecule has 1 aliphatic heterocycles. The summed E-state index contributed by atoms with van der Waals surface area (Å²) >= 11 is 0. The number of hydrogen-bond donors (Lipinski definition) is 1. The van der Waals surface area contributed by atoms with E-state index >= 15 is 0 Å². The van der Waals surface area contributed by atoms with Crippen LogP contribution in [0.2, 0.25) is 0 Å². The maximum atomic E-state index is 9.76. The minimum Gasteiger partial charge on any atom is -0.395 e. The molecule has 2 heteroatoms. The fourth-order valence-corrected chi connectivity index (χ4v) is 6.57. The maximum Gasteiger partial charge on any atom is 0.0586 e. The fourth-order valence-electron chi connectivity index (χ4n) is 6.57. The topological polar surface area (TPSA) is 23.5 Å². The van der Waals surface area contributed by atoms with Crippen LogP contribution >= 0.6 is 0 Å². The van der Waals surface area contributed by atoms with Crippen LogP contribution in [0.5, 0.6) is 0 Å². The molecule has 4 saturated carbocycles. The number of aliphatic hydroxyl groups excluding tert-OH is 1. The third-order valence-corrected chi connectivity index (χ3v) is 6.91. The van der Waals surface area contributed by atoms with Gasteiger partial charge in [-0.15, -0.1) is 0 Å². The molecule has 0 aromatic heterocycles. The van der Waals surface area contributed by atoms with Crippen LogP contribution in [0.25, 0.3) is 0 Å². The summed E-state index contributed by atoms with van der Waals surface area (Å²) in [5.41, 5.74) is 0.645. The van der Waals surface area contributed by atoms with Crippen LogP contribution in [0, 0.1) is 23.2 Å². The van der Waals surface area contributed by atoms with Gasteiger partial charge in [-0.1, -0.05) is 12.8 Å². The molecule has 0 aromatic carbocycles. The van der Waals surface area contributed by atoms with Gasteiger partial charge in [0.25, 0.3) is 0 Å². The fraction of sp³-hybridized carbons (Fsp3) is 1.00. The third-order valence-electron chi connectivity index (χ3n) is 6.91. The highest BCUT2D eigenvalue weighted by Gasteiger charge is 2.51. The van der Waals surface area contributed by atoms with Crippen LogP contribution in [-0.2, 0) is 0 Å². The number of likely N-dealkylation sites (tertiary alicyclic amines) is 1. The molecule has 20 heavy (non-hydrogen) atoms. The van der Waals surface area contributed by atoms with Gasteiger partial charge in [-0.25, -0.2) is 0 Å². The van der Waals surface area contributed by atoms with Gasteiger partial charge in [0.1, 0.15) is 0 Å². The van der Waals surface area contributed by atoms with Crippen molar-refractivity contribution in [3.8, 4) is 0 Å². The van der Waals surface area contributed by atoms with Gasteiger partial charge in [-0.05, 0) is 81.1 Å². The number of hydrogen-bond acceptors (Lipinski definition) is 2. The summed E-state index contributed by atoms with van der Waals surface area (Å²) in [6.45, 7) is 2.93. The van der Waals surface area contributed by atoms with Crippen molar-refractivity contribution in [2.75, 3.05) is 19.7 Å². The van der Waals surface area contributed by atoms with Crippen molar-refractivity contribution in [3.05, 3.63) is 0 Å². The summed E-state index contributed by atoms with van der Waals surface area (Å²) < 4.78 is 0. The largest absolute Gasteiger partial charge is 0.395 e. The normalized spacial score (nSPS) is 48.5. The predicted molar refractivity (Wildman–Crippen MR) is 81.5 cm³/mol. The first-order valence-electron chi connectivity index (χ1n) is 9.11. The Morgan fingerprint density at radius 1 is 0.900 bits per heavy atom. The van der Waals surface area contributed by atoms with Crippen molar-refractivity contribution in [2.45, 2.75) is 70.3 Å². The summed E-state index contributed by atoms with van der Waals surface area (Å²) in [5, 5.41) is 9.76. The van der Waals surface area contributed by atoms with E-state index in [1.165, 1.54) is 58.0 Å². The summed E-state index contributed by atoms with van der Waals surface area (Å²) in [4.78, 5) is 2.69. The molecule has 0 radical (unpaired) electrons. The second-order valence-electron chi connectivity index (χ2n) is 8.57. The SMILES string of the molecule is OCC1CCCCCN1CC12CC3CC(CC(C3)C1)C2. The smallest absolute Gasteiger partial charge is 0.0586 e. The van der Waals surface area contributed by atoms with E-state index in [0.29, 0.717) is 18.1 Å². The van der Waals surface area contributed by atoms with Gasteiger partial charge in [-0.2, -0.15) is 0 Å². The highest BCUT2D eigenvalue weighted by molar-refractivity contribution is 5.03. The van der Waals surface area contributed by atoms with Crippen LogP contribution in [0.1, 0.15) is 64.2 Å². The first-order valence-corrected chi connectivity index (χ1v) is 9.11. The Morgan fingerprint density at radius 2 is 1.55 bits per heavy atom. The van der Waals surface area contributed by atoms with Crippen LogP contribution < -0.4 is 0 Å². The Labute approximate surface area is 123 Å². The molecule has 4 bridgehead atoms. The van der Waals surface area contributed by atoms with Crippen LogP contribution in [0.15, 0.2) is 0 Å². The Bertz CT molecular complexity index is 318. The van der Waals surface area contributed by atoms with Crippen molar-refractivity contribution >= 4 is 0 Å². The van der Waals surface area contributed by atoms with E-state index in [1.54, 1.807) is 19.3 Å². The molecule has 5 aliphatic rings. The van der Waals surface area contributed by atoms with Gasteiger partial charge < -0.3 is 5.11 Å². The summed E-state index contributed by atoms with van der Waals surface area (Å²) in [6, 6.07) is 0.463. The number of rotatable bonds is 3. The Balaban J connectivity index is 1.49. The standard InChI is InChI=1S/C18H31NO/c20-12-17-4-2-1-3-5-19(17)13-18-9-14-6-15(10-18)8-16(7-14)11-18/h14-17,20H,1-13H2. The van der Waals surface area contributed by atoms with Crippen LogP contribution in [-0.4, -0.2) is 35.7 Å². The van der Waals surface area contributed by atoms with Crippen molar-refractivity contribution in [2.24, 2.45) is 23.2 Å². The lowest BCUT2D eigenvalue weighted by atomic mass is 9.49. The summed E-state index contributed by atoms with van der Waals surface area (Å²) in [7, 11) is 0. The van der Waals surface area contributed by atoms with E-state index in [1.807, 2.05) is 0 Å². The van der Waals surface area contributed by atoms with Gasteiger partial charge in [0.2, 0.25) is 0 Å². The second kappa shape index (κ2) is 5.28. The monoisotopic (exact) mass is 277 g/mol. The molecule has 1 saturated heterocycles. The second-order valence-corrected chi connectivity index (χ2v) is 8.57. The van der Waals surface area contributed by atoms with Crippen molar-refractivity contribution < 1.29 is 5.11 Å². The van der Waals surface area contributed by atoms with E-state index in [9.17, 15) is 5.11 Å². The molecule has 0 amide bonds. The molecule has 5 fully saturated rings. The highest BCUT2D eigenvalue weighted by atomic mass is 16.3. The first-order chi connectivity index (χ1) is 9.76. The Hall–Kier alpha value is -0.0800. The van der Waals surface area contributed by atoms with E-state index in [4.69, 9.17) is 0 Å². The van der Waals surface area contributed by atoms with E-state index < -0.39 is 0 Å². The molecule has 1 heterocycles. The van der Waals surface area contributed by atoms with E-state index in [-0.39, 0.29) is 0 Å². The summed E-state index contributed by atoms with van der Waals surface area (Å²) in [6.07, 6.45) is 14.4. The van der Waals surface area contributed by atoms with Gasteiger partial charge in [0.15, 0.2) is 0 Å². The minimum atomic E-state index is 0.381. The molecular formula is C18H31NO. The average molecular weight is 277 g/mol. The van der Waals surface area contributed by atoms with Gasteiger partial charge in [0.05, 0.1) is 6.61 Å². The molecule has 0 spiro atoms. The molecule has 114 valence electrons. The number of nitrogens with zero attached hydrogens (tertiary/aromatic N) is 1. The van der Waals surface area contributed by atoms with Crippen molar-refractivity contribution in [3.63, 3.8) is 0 Å². The molecule has 1 unspecified atom stereocenters. The Morgan fingerprint density at radius 3 is 2.15 bits per heavy atom. The van der Waals surface area contributed by atoms with Crippen molar-refractivity contribution in [1.82, 2.24) is 4.90 Å². The number of aliphatic hydroxyl groups is 1. The summed E-state index contributed by atoms with van der Waals surface area (Å²) in [5.74, 6) is 3.17. The Kier molecular flexibility index (Phi) is 3.58. The average Bonchev–Trinajstić information content (AvgIpc) is 2.61. The van der Waals surface area contributed by atoms with E-state index in [0.717, 1.165) is 17.8 Å². The zero-order valence-corrected chi connectivity index (χ0v) is 12.9. The lowest BCUT2D eigenvalue weighted by Crippen LogP contribution is -2.53. The molecule has 5 rings (SSSR count). The molecule has 2 nitrogen and oxygen atoms in total. The molecule has 0 aromatic rings. The lowest BCUT2D eigenvalue weighted by molar-refractivity contribution is -0.0766. The van der Waals surface area contributed by atoms with Gasteiger partial charge in [0, 0.05) is 12.6 Å². The van der Waals surface area contributed by atoms with Gasteiger partial charge >= 0.3 is 0 Å². The molecule has 1 atom stereocenters. The molecule has 4 aliphatic carbocycles. The zero-order valence-electron chi connectivity index (χ0n) is 12.9. The van der Waals surface area contributed by atoms with Gasteiger partial charge in [-0.3, -0.25) is 4.90 Å². The van der Waals surface area contributed by atoms with E-state index in [2.05, 4.69) is 4.90 Å². The van der Waals surface area contributed by atoms with Crippen molar-refractivity contribution in [1.29, 1.82) is 0 Å². The van der Waals surface area contributed by atoms with Crippen LogP contribution in [0.4, 0.5) is 0 Å². The first kappa shape index (κ1) is 13.6. The quantitative estimate of drug-likeness (QED) is 0.854. The third kappa shape index (κ3) is 2.43. The molecular weight excluding hydrogens is 246 g/mol. The zero-order chi connectivity index (χ0) is 13.6. The maximum absolute atomic E-state index is 9.76. The molecule has 1 N–H and O–H groups in total. The van der Waals surface area contributed by atoms with Crippen LogP contribution in [0.3, 0.4) is 0 Å².